The summed E-state index contributed by atoms with van der Waals surface area (Å²) in [5.74, 6) is 0.0336. The Morgan fingerprint density at radius 2 is 2.30 bits per heavy atom. The number of nitrogens with zero attached hydrogens (tertiary/aromatic N) is 1. The number of rotatable bonds is 4. The van der Waals surface area contributed by atoms with Gasteiger partial charge >= 0.3 is 0 Å². The van der Waals surface area contributed by atoms with E-state index in [4.69, 9.17) is 11.6 Å². The molecule has 1 atom stereocenters. The zero-order chi connectivity index (χ0) is 14.5. The van der Waals surface area contributed by atoms with Gasteiger partial charge in [-0.25, -0.2) is 0 Å². The summed E-state index contributed by atoms with van der Waals surface area (Å²) in [5.41, 5.74) is 1.02. The first-order valence-corrected chi connectivity index (χ1v) is 7.28. The minimum Gasteiger partial charge on any atom is -0.355 e. The van der Waals surface area contributed by atoms with Crippen LogP contribution < -0.4 is 5.32 Å². The quantitative estimate of drug-likeness (QED) is 0.925. The molecule has 0 radical (unpaired) electrons. The van der Waals surface area contributed by atoms with Gasteiger partial charge in [0.15, 0.2) is 0 Å². The number of benzene rings is 1. The van der Waals surface area contributed by atoms with Gasteiger partial charge < -0.3 is 10.2 Å². The third kappa shape index (κ3) is 3.73. The van der Waals surface area contributed by atoms with Gasteiger partial charge in [0.2, 0.25) is 11.8 Å². The molecule has 1 fully saturated rings. The molecule has 1 aromatic rings. The topological polar surface area (TPSA) is 49.4 Å². The van der Waals surface area contributed by atoms with Crippen molar-refractivity contribution in [2.24, 2.45) is 5.92 Å². The van der Waals surface area contributed by atoms with Crippen LogP contribution in [0.5, 0.6) is 0 Å². The van der Waals surface area contributed by atoms with Gasteiger partial charge in [0.05, 0.1) is 5.92 Å². The highest BCUT2D eigenvalue weighted by Crippen LogP contribution is 2.17. The molecule has 0 bridgehead atoms. The standard InChI is InChI=1S/C15H19ClN2O2/c1-2-18(10-11-4-3-5-13(16)8-11)15(20)12-6-7-14(19)17-9-12/h3-5,8,12H,2,6-7,9-10H2,1H3,(H,17,19). The van der Waals surface area contributed by atoms with E-state index < -0.39 is 0 Å². The number of piperidine rings is 1. The van der Waals surface area contributed by atoms with Crippen LogP contribution in [-0.2, 0) is 16.1 Å². The summed E-state index contributed by atoms with van der Waals surface area (Å²) in [7, 11) is 0. The van der Waals surface area contributed by atoms with Crippen LogP contribution in [-0.4, -0.2) is 29.8 Å². The zero-order valence-corrected chi connectivity index (χ0v) is 12.3. The van der Waals surface area contributed by atoms with Crippen LogP contribution in [0.25, 0.3) is 0 Å². The van der Waals surface area contributed by atoms with E-state index in [9.17, 15) is 9.59 Å². The van der Waals surface area contributed by atoms with E-state index in [1.165, 1.54) is 0 Å². The second-order valence-electron chi connectivity index (χ2n) is 5.02. The number of halogens is 1. The van der Waals surface area contributed by atoms with E-state index >= 15 is 0 Å². The fourth-order valence-corrected chi connectivity index (χ4v) is 2.62. The molecule has 4 nitrogen and oxygen atoms in total. The lowest BCUT2D eigenvalue weighted by molar-refractivity contribution is -0.137. The van der Waals surface area contributed by atoms with Crippen LogP contribution in [0, 0.1) is 5.92 Å². The van der Waals surface area contributed by atoms with Crippen molar-refractivity contribution >= 4 is 23.4 Å². The fraction of sp³-hybridized carbons (Fsp3) is 0.467. The van der Waals surface area contributed by atoms with Crippen LogP contribution in [0.3, 0.4) is 0 Å². The van der Waals surface area contributed by atoms with E-state index in [2.05, 4.69) is 5.32 Å². The lowest BCUT2D eigenvalue weighted by Gasteiger charge is -2.28. The summed E-state index contributed by atoms with van der Waals surface area (Å²) < 4.78 is 0. The maximum Gasteiger partial charge on any atom is 0.227 e. The van der Waals surface area contributed by atoms with Crippen LogP contribution in [0.4, 0.5) is 0 Å². The van der Waals surface area contributed by atoms with Gasteiger partial charge in [-0.2, -0.15) is 0 Å². The Bertz CT molecular complexity index is 494. The predicted octanol–water partition coefficient (Wildman–Crippen LogP) is 2.21. The van der Waals surface area contributed by atoms with Crippen molar-refractivity contribution in [3.05, 3.63) is 34.9 Å². The highest BCUT2D eigenvalue weighted by atomic mass is 35.5. The molecule has 1 saturated heterocycles. The normalized spacial score (nSPS) is 18.5. The van der Waals surface area contributed by atoms with Crippen molar-refractivity contribution < 1.29 is 9.59 Å². The van der Waals surface area contributed by atoms with E-state index in [1.807, 2.05) is 36.1 Å². The van der Waals surface area contributed by atoms with E-state index in [0.717, 1.165) is 5.56 Å². The summed E-state index contributed by atoms with van der Waals surface area (Å²) in [5, 5.41) is 3.43. The van der Waals surface area contributed by atoms with Gasteiger partial charge in [0.1, 0.15) is 0 Å². The molecule has 5 heteroatoms. The molecule has 1 heterocycles. The maximum absolute atomic E-state index is 12.5. The Balaban J connectivity index is 2.00. The van der Waals surface area contributed by atoms with Crippen molar-refractivity contribution in [3.8, 4) is 0 Å². The first kappa shape index (κ1) is 14.9. The molecule has 20 heavy (non-hydrogen) atoms. The molecule has 0 aliphatic carbocycles. The smallest absolute Gasteiger partial charge is 0.227 e. The van der Waals surface area contributed by atoms with Crippen LogP contribution in [0.1, 0.15) is 25.3 Å². The Kier molecular flexibility index (Phi) is 5.01. The van der Waals surface area contributed by atoms with Crippen molar-refractivity contribution in [2.75, 3.05) is 13.1 Å². The summed E-state index contributed by atoms with van der Waals surface area (Å²) in [4.78, 5) is 25.4. The van der Waals surface area contributed by atoms with Crippen molar-refractivity contribution in [3.63, 3.8) is 0 Å². The molecule has 0 saturated carbocycles. The second-order valence-corrected chi connectivity index (χ2v) is 5.46. The van der Waals surface area contributed by atoms with Gasteiger partial charge in [-0.1, -0.05) is 23.7 Å². The highest BCUT2D eigenvalue weighted by molar-refractivity contribution is 6.30. The van der Waals surface area contributed by atoms with Gasteiger partial charge in [-0.15, -0.1) is 0 Å². The first-order valence-electron chi connectivity index (χ1n) is 6.90. The summed E-state index contributed by atoms with van der Waals surface area (Å²) in [6.45, 7) is 3.61. The molecule has 0 aromatic heterocycles. The molecule has 1 N–H and O–H groups in total. The van der Waals surface area contributed by atoms with E-state index in [0.29, 0.717) is 37.5 Å². The predicted molar refractivity (Wildman–Crippen MR) is 78.3 cm³/mol. The van der Waals surface area contributed by atoms with Crippen molar-refractivity contribution in [2.45, 2.75) is 26.3 Å². The third-order valence-electron chi connectivity index (χ3n) is 3.57. The fourth-order valence-electron chi connectivity index (χ4n) is 2.40. The molecule has 2 rings (SSSR count). The molecule has 1 aliphatic rings. The highest BCUT2D eigenvalue weighted by Gasteiger charge is 2.27. The molecule has 1 aromatic carbocycles. The molecular weight excluding hydrogens is 276 g/mol. The third-order valence-corrected chi connectivity index (χ3v) is 3.81. The lowest BCUT2D eigenvalue weighted by atomic mass is 9.97. The van der Waals surface area contributed by atoms with Crippen LogP contribution >= 0.6 is 11.6 Å². The minimum absolute atomic E-state index is 0.0342. The average molecular weight is 295 g/mol. The van der Waals surface area contributed by atoms with Crippen molar-refractivity contribution in [1.82, 2.24) is 10.2 Å². The minimum atomic E-state index is -0.105. The van der Waals surface area contributed by atoms with Gasteiger partial charge in [0.25, 0.3) is 0 Å². The first-order chi connectivity index (χ1) is 9.60. The van der Waals surface area contributed by atoms with Gasteiger partial charge in [-0.05, 0) is 31.0 Å². The lowest BCUT2D eigenvalue weighted by Crippen LogP contribution is -2.44. The van der Waals surface area contributed by atoms with E-state index in [-0.39, 0.29) is 17.7 Å². The number of nitrogens with one attached hydrogen (secondary N) is 1. The Labute approximate surface area is 124 Å². The molecule has 1 unspecified atom stereocenters. The van der Waals surface area contributed by atoms with Gasteiger partial charge in [0, 0.05) is 31.1 Å². The average Bonchev–Trinajstić information content (AvgIpc) is 2.45. The molecule has 1 aliphatic heterocycles. The summed E-state index contributed by atoms with van der Waals surface area (Å²) >= 11 is 5.96. The molecule has 0 spiro atoms. The molecular formula is C15H19ClN2O2. The van der Waals surface area contributed by atoms with Crippen molar-refractivity contribution in [1.29, 1.82) is 0 Å². The number of hydrogen-bond acceptors (Lipinski definition) is 2. The SMILES string of the molecule is CCN(Cc1cccc(Cl)c1)C(=O)C1CCC(=O)NC1. The monoisotopic (exact) mass is 294 g/mol. The Hall–Kier alpha value is -1.55. The Morgan fingerprint density at radius 1 is 1.50 bits per heavy atom. The summed E-state index contributed by atoms with van der Waals surface area (Å²) in [6, 6.07) is 7.54. The molecule has 2 amide bonds. The van der Waals surface area contributed by atoms with Crippen LogP contribution in [0.15, 0.2) is 24.3 Å². The zero-order valence-electron chi connectivity index (χ0n) is 11.6. The van der Waals surface area contributed by atoms with Crippen LogP contribution in [0.2, 0.25) is 5.02 Å². The van der Waals surface area contributed by atoms with Gasteiger partial charge in [-0.3, -0.25) is 9.59 Å². The number of amides is 2. The second kappa shape index (κ2) is 6.75. The summed E-state index contributed by atoms with van der Waals surface area (Å²) in [6.07, 6.45) is 1.07. The largest absolute Gasteiger partial charge is 0.355 e. The maximum atomic E-state index is 12.5. The van der Waals surface area contributed by atoms with E-state index in [1.54, 1.807) is 0 Å². The Morgan fingerprint density at radius 3 is 2.90 bits per heavy atom. The number of carbonyl (C=O) groups is 2. The molecule has 108 valence electrons. The number of hydrogen-bond donors (Lipinski definition) is 1. The number of carbonyl (C=O) groups excluding carboxylic acids is 2.